The Morgan fingerprint density at radius 2 is 2.04 bits per heavy atom. The van der Waals surface area contributed by atoms with E-state index in [0.717, 1.165) is 0 Å². The predicted molar refractivity (Wildman–Crippen MR) is 103 cm³/mol. The minimum Gasteiger partial charge on any atom is -0.462 e. The fraction of sp³-hybridized carbons (Fsp3) is 0.400. The highest BCUT2D eigenvalue weighted by Crippen LogP contribution is 2.50. The van der Waals surface area contributed by atoms with Crippen molar-refractivity contribution in [1.82, 2.24) is 0 Å². The number of halogens is 2. The minimum atomic E-state index is -0.775. The fourth-order valence-electron chi connectivity index (χ4n) is 3.65. The number of carbonyl (C=O) groups excluding carboxylic acids is 2. The number of nitrogens with two attached hydrogens (primary N) is 1. The van der Waals surface area contributed by atoms with Gasteiger partial charge >= 0.3 is 5.97 Å². The van der Waals surface area contributed by atoms with Crippen molar-refractivity contribution in [3.63, 3.8) is 0 Å². The van der Waals surface area contributed by atoms with Crippen LogP contribution in [0.15, 0.2) is 41.0 Å². The Balaban J connectivity index is 2.24. The lowest BCUT2D eigenvalue weighted by atomic mass is 9.70. The van der Waals surface area contributed by atoms with Crippen molar-refractivity contribution >= 4 is 35.0 Å². The van der Waals surface area contributed by atoms with Gasteiger partial charge < -0.3 is 15.2 Å². The molecule has 1 aliphatic carbocycles. The van der Waals surface area contributed by atoms with Crippen LogP contribution in [0.25, 0.3) is 0 Å². The second-order valence-electron chi connectivity index (χ2n) is 7.45. The molecular formula is C20H21Cl2NO4. The normalized spacial score (nSPS) is 21.7. The second kappa shape index (κ2) is 7.21. The zero-order valence-electron chi connectivity index (χ0n) is 15.4. The van der Waals surface area contributed by atoms with E-state index in [-0.39, 0.29) is 34.3 Å². The Labute approximate surface area is 168 Å². The molecule has 1 aliphatic heterocycles. The summed E-state index contributed by atoms with van der Waals surface area (Å²) in [5.74, 6) is -1.11. The highest BCUT2D eigenvalue weighted by Gasteiger charge is 2.45. The van der Waals surface area contributed by atoms with Crippen LogP contribution in [0.4, 0.5) is 0 Å². The lowest BCUT2D eigenvalue weighted by Gasteiger charge is -2.38. The standard InChI is InChI=1S/C20H21Cl2NO4/c1-4-26-19(25)16-14(10-6-5-7-11(21)17(10)22)15-12(24)8-20(2,3)9-13(15)27-18(16)23/h5-7,14H,4,8-9,23H2,1-3H3/t14-/m0/s1. The van der Waals surface area contributed by atoms with Gasteiger partial charge in [0.2, 0.25) is 5.88 Å². The van der Waals surface area contributed by atoms with Gasteiger partial charge in [0.1, 0.15) is 11.3 Å². The maximum atomic E-state index is 13.0. The molecule has 1 atom stereocenters. The van der Waals surface area contributed by atoms with Crippen LogP contribution < -0.4 is 5.73 Å². The van der Waals surface area contributed by atoms with Crippen molar-refractivity contribution in [2.45, 2.75) is 39.5 Å². The Kier molecular flexibility index (Phi) is 5.28. The molecule has 0 saturated heterocycles. The van der Waals surface area contributed by atoms with Gasteiger partial charge in [-0.15, -0.1) is 0 Å². The van der Waals surface area contributed by atoms with Crippen molar-refractivity contribution in [3.05, 3.63) is 56.6 Å². The Hall–Kier alpha value is -1.98. The molecule has 2 aliphatic rings. The summed E-state index contributed by atoms with van der Waals surface area (Å²) >= 11 is 12.6. The van der Waals surface area contributed by atoms with Gasteiger partial charge in [0.05, 0.1) is 22.6 Å². The molecule has 3 rings (SSSR count). The van der Waals surface area contributed by atoms with E-state index in [9.17, 15) is 9.59 Å². The third kappa shape index (κ3) is 3.58. The highest BCUT2D eigenvalue weighted by molar-refractivity contribution is 6.42. The summed E-state index contributed by atoms with van der Waals surface area (Å²) < 4.78 is 10.9. The average Bonchev–Trinajstić information content (AvgIpc) is 2.55. The van der Waals surface area contributed by atoms with Crippen molar-refractivity contribution in [2.24, 2.45) is 11.1 Å². The molecule has 7 heteroatoms. The molecule has 27 heavy (non-hydrogen) atoms. The van der Waals surface area contributed by atoms with Crippen LogP contribution in [0.1, 0.15) is 45.1 Å². The first-order chi connectivity index (χ1) is 12.7. The van der Waals surface area contributed by atoms with E-state index in [2.05, 4.69) is 0 Å². The maximum absolute atomic E-state index is 13.0. The third-order valence-corrected chi connectivity index (χ3v) is 5.58. The van der Waals surface area contributed by atoms with E-state index in [4.69, 9.17) is 38.4 Å². The van der Waals surface area contributed by atoms with Crippen LogP contribution in [0.3, 0.4) is 0 Å². The summed E-state index contributed by atoms with van der Waals surface area (Å²) in [4.78, 5) is 25.7. The molecule has 0 spiro atoms. The number of carbonyl (C=O) groups is 2. The fourth-order valence-corrected chi connectivity index (χ4v) is 4.06. The number of ketones is 1. The van der Waals surface area contributed by atoms with Gasteiger partial charge in [0.15, 0.2) is 5.78 Å². The quantitative estimate of drug-likeness (QED) is 0.744. The summed E-state index contributed by atoms with van der Waals surface area (Å²) in [6.07, 6.45) is 0.861. The predicted octanol–water partition coefficient (Wildman–Crippen LogP) is 4.48. The first kappa shape index (κ1) is 19.8. The molecule has 144 valence electrons. The van der Waals surface area contributed by atoms with Gasteiger partial charge in [-0.25, -0.2) is 4.79 Å². The molecule has 0 unspecified atom stereocenters. The third-order valence-electron chi connectivity index (χ3n) is 4.74. The number of allylic oxidation sites excluding steroid dienone is 2. The van der Waals surface area contributed by atoms with Gasteiger partial charge in [-0.3, -0.25) is 4.79 Å². The zero-order chi connectivity index (χ0) is 19.9. The molecule has 1 aromatic carbocycles. The van der Waals surface area contributed by atoms with Crippen molar-refractivity contribution < 1.29 is 19.1 Å². The smallest absolute Gasteiger partial charge is 0.340 e. The summed E-state index contributed by atoms with van der Waals surface area (Å²) in [6, 6.07) is 5.09. The SMILES string of the molecule is CCOC(=O)C1=C(N)OC2=C(C(=O)CC(C)(C)C2)[C@@H]1c1cccc(Cl)c1Cl. The summed E-state index contributed by atoms with van der Waals surface area (Å²) in [6.45, 7) is 5.83. The highest BCUT2D eigenvalue weighted by atomic mass is 35.5. The van der Waals surface area contributed by atoms with E-state index in [0.29, 0.717) is 34.8 Å². The molecule has 0 radical (unpaired) electrons. The molecule has 0 bridgehead atoms. The van der Waals surface area contributed by atoms with Crippen LogP contribution >= 0.6 is 23.2 Å². The summed E-state index contributed by atoms with van der Waals surface area (Å²) in [7, 11) is 0. The van der Waals surface area contributed by atoms with Crippen LogP contribution in [-0.2, 0) is 19.1 Å². The minimum absolute atomic E-state index is 0.0706. The van der Waals surface area contributed by atoms with Gasteiger partial charge in [-0.05, 0) is 24.0 Å². The second-order valence-corrected chi connectivity index (χ2v) is 8.24. The first-order valence-electron chi connectivity index (χ1n) is 8.71. The van der Waals surface area contributed by atoms with Crippen LogP contribution in [0, 0.1) is 5.41 Å². The Morgan fingerprint density at radius 3 is 2.70 bits per heavy atom. The number of esters is 1. The molecule has 5 nitrogen and oxygen atoms in total. The number of benzene rings is 1. The van der Waals surface area contributed by atoms with Crippen LogP contribution in [-0.4, -0.2) is 18.4 Å². The Morgan fingerprint density at radius 1 is 1.33 bits per heavy atom. The van der Waals surface area contributed by atoms with Crippen molar-refractivity contribution in [1.29, 1.82) is 0 Å². The molecule has 0 aromatic heterocycles. The first-order valence-corrected chi connectivity index (χ1v) is 9.46. The largest absolute Gasteiger partial charge is 0.462 e. The Bertz CT molecular complexity index is 886. The molecule has 0 saturated carbocycles. The van der Waals surface area contributed by atoms with Gasteiger partial charge in [-0.2, -0.15) is 0 Å². The molecule has 0 fully saturated rings. The molecule has 1 heterocycles. The maximum Gasteiger partial charge on any atom is 0.340 e. The van der Waals surface area contributed by atoms with Gasteiger partial charge in [0, 0.05) is 18.4 Å². The van der Waals surface area contributed by atoms with E-state index >= 15 is 0 Å². The average molecular weight is 410 g/mol. The van der Waals surface area contributed by atoms with E-state index in [1.165, 1.54) is 0 Å². The van der Waals surface area contributed by atoms with Crippen LogP contribution in [0.2, 0.25) is 10.0 Å². The number of ether oxygens (including phenoxy) is 2. The number of hydrogen-bond donors (Lipinski definition) is 1. The zero-order valence-corrected chi connectivity index (χ0v) is 16.9. The summed E-state index contributed by atoms with van der Waals surface area (Å²) in [5.41, 5.74) is 6.84. The lowest BCUT2D eigenvalue weighted by molar-refractivity contribution is -0.139. The van der Waals surface area contributed by atoms with E-state index in [1.54, 1.807) is 25.1 Å². The number of rotatable bonds is 3. The topological polar surface area (TPSA) is 78.6 Å². The summed E-state index contributed by atoms with van der Waals surface area (Å²) in [5, 5.41) is 0.596. The molecular weight excluding hydrogens is 389 g/mol. The van der Waals surface area contributed by atoms with Crippen molar-refractivity contribution in [3.8, 4) is 0 Å². The van der Waals surface area contributed by atoms with Crippen LogP contribution in [0.5, 0.6) is 0 Å². The van der Waals surface area contributed by atoms with Gasteiger partial charge in [0.25, 0.3) is 0 Å². The lowest BCUT2D eigenvalue weighted by Crippen LogP contribution is -2.35. The molecule has 2 N–H and O–H groups in total. The molecule has 0 amide bonds. The number of hydrogen-bond acceptors (Lipinski definition) is 5. The number of Topliss-reactive ketones (excluding diaryl/α,β-unsaturated/α-hetero) is 1. The van der Waals surface area contributed by atoms with E-state index < -0.39 is 11.9 Å². The van der Waals surface area contributed by atoms with Gasteiger partial charge in [-0.1, -0.05) is 49.2 Å². The monoisotopic (exact) mass is 409 g/mol. The van der Waals surface area contributed by atoms with Crippen molar-refractivity contribution in [2.75, 3.05) is 6.61 Å². The molecule has 1 aromatic rings. The van der Waals surface area contributed by atoms with E-state index in [1.807, 2.05) is 13.8 Å².